The molecule has 0 atom stereocenters. The third-order valence-electron chi connectivity index (χ3n) is 3.07. The van der Waals surface area contributed by atoms with E-state index in [4.69, 9.17) is 4.74 Å². The molecule has 0 aliphatic rings. The van der Waals surface area contributed by atoms with E-state index in [1.165, 1.54) is 44.6 Å². The van der Waals surface area contributed by atoms with Gasteiger partial charge in [0, 0.05) is 0 Å². The summed E-state index contributed by atoms with van der Waals surface area (Å²) in [6.45, 7) is 0.158. The zero-order valence-corrected chi connectivity index (χ0v) is 12.7. The fourth-order valence-corrected chi connectivity index (χ4v) is 1.90. The molecule has 0 aliphatic heterocycles. The zero-order valence-electron chi connectivity index (χ0n) is 12.7. The first-order valence-corrected chi connectivity index (χ1v) is 6.72. The monoisotopic (exact) mass is 318 g/mol. The Morgan fingerprint density at radius 1 is 0.913 bits per heavy atom. The maximum atomic E-state index is 12.9. The first kappa shape index (κ1) is 16.5. The summed E-state index contributed by atoms with van der Waals surface area (Å²) in [5.74, 6) is -1.23. The minimum Gasteiger partial charge on any atom is -0.489 e. The predicted octanol–water partition coefficient (Wildman–Crippen LogP) is 2.98. The lowest BCUT2D eigenvalue weighted by Gasteiger charge is -2.10. The molecule has 0 bridgehead atoms. The SMILES string of the molecule is COC(=O)c1cc(OCc2ccc(F)cc2)cc(C(=O)OC)c1. The highest BCUT2D eigenvalue weighted by atomic mass is 19.1. The van der Waals surface area contributed by atoms with Gasteiger partial charge in [-0.25, -0.2) is 14.0 Å². The molecular weight excluding hydrogens is 303 g/mol. The third-order valence-corrected chi connectivity index (χ3v) is 3.07. The molecule has 0 saturated heterocycles. The van der Waals surface area contributed by atoms with Crippen molar-refractivity contribution in [3.8, 4) is 5.75 Å². The highest BCUT2D eigenvalue weighted by Crippen LogP contribution is 2.20. The Balaban J connectivity index is 2.23. The van der Waals surface area contributed by atoms with Gasteiger partial charge in [0.1, 0.15) is 18.2 Å². The number of halogens is 1. The van der Waals surface area contributed by atoms with Crippen molar-refractivity contribution < 1.29 is 28.2 Å². The number of rotatable bonds is 5. The Bertz CT molecular complexity index is 675. The lowest BCUT2D eigenvalue weighted by Crippen LogP contribution is -2.07. The van der Waals surface area contributed by atoms with Crippen LogP contribution in [-0.4, -0.2) is 26.2 Å². The Kier molecular flexibility index (Phi) is 5.30. The Hall–Kier alpha value is -2.89. The van der Waals surface area contributed by atoms with Gasteiger partial charge in [0.15, 0.2) is 0 Å². The van der Waals surface area contributed by atoms with Crippen LogP contribution in [0.3, 0.4) is 0 Å². The van der Waals surface area contributed by atoms with Gasteiger partial charge in [0.2, 0.25) is 0 Å². The minimum absolute atomic E-state index is 0.158. The van der Waals surface area contributed by atoms with Crippen molar-refractivity contribution >= 4 is 11.9 Å². The smallest absolute Gasteiger partial charge is 0.338 e. The van der Waals surface area contributed by atoms with Crippen molar-refractivity contribution in [2.75, 3.05) is 14.2 Å². The van der Waals surface area contributed by atoms with Crippen molar-refractivity contribution in [2.24, 2.45) is 0 Å². The van der Waals surface area contributed by atoms with Gasteiger partial charge >= 0.3 is 11.9 Å². The van der Waals surface area contributed by atoms with E-state index in [2.05, 4.69) is 9.47 Å². The lowest BCUT2D eigenvalue weighted by molar-refractivity contribution is 0.0598. The van der Waals surface area contributed by atoms with Crippen molar-refractivity contribution in [1.29, 1.82) is 0 Å². The Morgan fingerprint density at radius 2 is 1.43 bits per heavy atom. The van der Waals surface area contributed by atoms with Crippen LogP contribution in [-0.2, 0) is 16.1 Å². The fourth-order valence-electron chi connectivity index (χ4n) is 1.90. The number of benzene rings is 2. The van der Waals surface area contributed by atoms with Crippen LogP contribution >= 0.6 is 0 Å². The minimum atomic E-state index is -0.595. The normalized spacial score (nSPS) is 10.0. The van der Waals surface area contributed by atoms with Crippen molar-refractivity contribution in [1.82, 2.24) is 0 Å². The molecule has 0 unspecified atom stereocenters. The second-order valence-corrected chi connectivity index (χ2v) is 4.64. The predicted molar refractivity (Wildman–Crippen MR) is 79.9 cm³/mol. The van der Waals surface area contributed by atoms with Crippen LogP contribution in [0.4, 0.5) is 4.39 Å². The zero-order chi connectivity index (χ0) is 16.8. The average Bonchev–Trinajstić information content (AvgIpc) is 2.59. The number of ether oxygens (including phenoxy) is 3. The molecule has 120 valence electrons. The van der Waals surface area contributed by atoms with Crippen LogP contribution in [0, 0.1) is 5.82 Å². The van der Waals surface area contributed by atoms with Gasteiger partial charge in [0.25, 0.3) is 0 Å². The van der Waals surface area contributed by atoms with Crippen molar-refractivity contribution in [2.45, 2.75) is 6.61 Å². The second-order valence-electron chi connectivity index (χ2n) is 4.64. The molecule has 2 aromatic rings. The summed E-state index contributed by atoms with van der Waals surface area (Å²) in [6.07, 6.45) is 0. The second kappa shape index (κ2) is 7.40. The summed E-state index contributed by atoms with van der Waals surface area (Å²) in [4.78, 5) is 23.3. The van der Waals surface area contributed by atoms with E-state index in [1.807, 2.05) is 0 Å². The third kappa shape index (κ3) is 4.29. The largest absolute Gasteiger partial charge is 0.489 e. The Morgan fingerprint density at radius 3 is 1.91 bits per heavy atom. The molecule has 2 aromatic carbocycles. The molecule has 0 amide bonds. The Labute approximate surface area is 132 Å². The maximum absolute atomic E-state index is 12.9. The van der Waals surface area contributed by atoms with E-state index in [0.717, 1.165) is 5.56 Å². The topological polar surface area (TPSA) is 61.8 Å². The molecule has 0 saturated carbocycles. The van der Waals surface area contributed by atoms with Crippen molar-refractivity contribution in [3.05, 3.63) is 65.0 Å². The standard InChI is InChI=1S/C17H15FO5/c1-21-16(19)12-7-13(17(20)22-2)9-15(8-12)23-10-11-3-5-14(18)6-4-11/h3-9H,10H2,1-2H3. The molecule has 2 rings (SSSR count). The van der Waals surface area contributed by atoms with Crippen LogP contribution in [0.15, 0.2) is 42.5 Å². The van der Waals surface area contributed by atoms with E-state index in [1.54, 1.807) is 12.1 Å². The van der Waals surface area contributed by atoms with E-state index in [0.29, 0.717) is 5.75 Å². The molecule has 0 radical (unpaired) electrons. The molecule has 0 spiro atoms. The molecule has 0 aliphatic carbocycles. The van der Waals surface area contributed by atoms with Gasteiger partial charge in [-0.1, -0.05) is 12.1 Å². The summed E-state index contributed by atoms with van der Waals surface area (Å²) in [6, 6.07) is 10.1. The molecule has 5 nitrogen and oxygen atoms in total. The number of carbonyl (C=O) groups is 2. The van der Waals surface area contributed by atoms with Gasteiger partial charge in [-0.2, -0.15) is 0 Å². The molecule has 6 heteroatoms. The van der Waals surface area contributed by atoms with E-state index in [-0.39, 0.29) is 23.6 Å². The molecule has 0 fully saturated rings. The summed E-state index contributed by atoms with van der Waals surface area (Å²) in [5, 5.41) is 0. The van der Waals surface area contributed by atoms with Gasteiger partial charge in [-0.3, -0.25) is 0 Å². The highest BCUT2D eigenvalue weighted by molar-refractivity contribution is 5.96. The summed E-state index contributed by atoms with van der Waals surface area (Å²) in [5.41, 5.74) is 1.09. The molecule has 0 aromatic heterocycles. The number of hydrogen-bond acceptors (Lipinski definition) is 5. The van der Waals surface area contributed by atoms with Gasteiger partial charge in [-0.15, -0.1) is 0 Å². The van der Waals surface area contributed by atoms with Crippen LogP contribution in [0.1, 0.15) is 26.3 Å². The molecule has 0 heterocycles. The number of esters is 2. The number of methoxy groups -OCH3 is 2. The quantitative estimate of drug-likeness (QED) is 0.793. The number of carbonyl (C=O) groups excluding carboxylic acids is 2. The van der Waals surface area contributed by atoms with E-state index < -0.39 is 11.9 Å². The first-order chi connectivity index (χ1) is 11.0. The maximum Gasteiger partial charge on any atom is 0.338 e. The summed E-state index contributed by atoms with van der Waals surface area (Å²) < 4.78 is 27.7. The first-order valence-electron chi connectivity index (χ1n) is 6.72. The summed E-state index contributed by atoms with van der Waals surface area (Å²) >= 11 is 0. The van der Waals surface area contributed by atoms with Crippen LogP contribution in [0.25, 0.3) is 0 Å². The fraction of sp³-hybridized carbons (Fsp3) is 0.176. The molecule has 0 N–H and O–H groups in total. The molecule has 23 heavy (non-hydrogen) atoms. The highest BCUT2D eigenvalue weighted by Gasteiger charge is 2.14. The van der Waals surface area contributed by atoms with E-state index in [9.17, 15) is 14.0 Å². The number of hydrogen-bond donors (Lipinski definition) is 0. The van der Waals surface area contributed by atoms with Crippen LogP contribution in [0.2, 0.25) is 0 Å². The lowest BCUT2D eigenvalue weighted by atomic mass is 10.1. The van der Waals surface area contributed by atoms with Crippen molar-refractivity contribution in [3.63, 3.8) is 0 Å². The van der Waals surface area contributed by atoms with Crippen LogP contribution < -0.4 is 4.74 Å². The molecular formula is C17H15FO5. The van der Waals surface area contributed by atoms with Crippen LogP contribution in [0.5, 0.6) is 5.75 Å². The van der Waals surface area contributed by atoms with Gasteiger partial charge < -0.3 is 14.2 Å². The summed E-state index contributed by atoms with van der Waals surface area (Å²) in [7, 11) is 2.48. The average molecular weight is 318 g/mol. The van der Waals surface area contributed by atoms with E-state index >= 15 is 0 Å². The van der Waals surface area contributed by atoms with Gasteiger partial charge in [0.05, 0.1) is 25.3 Å². The van der Waals surface area contributed by atoms with Gasteiger partial charge in [-0.05, 0) is 35.9 Å².